The van der Waals surface area contributed by atoms with E-state index < -0.39 is 0 Å². The van der Waals surface area contributed by atoms with E-state index in [-0.39, 0.29) is 5.54 Å². The van der Waals surface area contributed by atoms with Crippen LogP contribution in [0.3, 0.4) is 0 Å². The van der Waals surface area contributed by atoms with E-state index in [1.807, 2.05) is 11.3 Å². The van der Waals surface area contributed by atoms with Crippen LogP contribution in [0.25, 0.3) is 0 Å². The predicted molar refractivity (Wildman–Crippen MR) is 88.3 cm³/mol. The lowest BCUT2D eigenvalue weighted by Crippen LogP contribution is -2.35. The van der Waals surface area contributed by atoms with E-state index in [2.05, 4.69) is 57.0 Å². The van der Waals surface area contributed by atoms with Crippen LogP contribution in [0.1, 0.15) is 44.4 Å². The molecule has 1 atom stereocenters. The van der Waals surface area contributed by atoms with Gasteiger partial charge in [0.05, 0.1) is 6.61 Å². The lowest BCUT2D eigenvalue weighted by molar-refractivity contribution is 0.0988. The van der Waals surface area contributed by atoms with Crippen LogP contribution in [0.15, 0.2) is 12.1 Å². The van der Waals surface area contributed by atoms with Crippen molar-refractivity contribution in [3.63, 3.8) is 0 Å². The molecule has 1 unspecified atom stereocenters. The number of hydrogen-bond acceptors (Lipinski definition) is 4. The van der Waals surface area contributed by atoms with Crippen molar-refractivity contribution in [2.45, 2.75) is 59.3 Å². The maximum Gasteiger partial charge on any atom is 0.0615 e. The fourth-order valence-electron chi connectivity index (χ4n) is 2.08. The third-order valence-corrected chi connectivity index (χ3v) is 4.38. The maximum atomic E-state index is 5.26. The molecule has 0 radical (unpaired) electrons. The second kappa shape index (κ2) is 8.13. The van der Waals surface area contributed by atoms with E-state index in [0.29, 0.717) is 6.04 Å². The summed E-state index contributed by atoms with van der Waals surface area (Å²) in [6.07, 6.45) is 0. The standard InChI is InChI=1S/C16H30N2OS/c1-7-18(13(2)12-19-6)11-15-9-8-14(20-15)10-17-16(3,4)5/h8-9,13,17H,7,10-12H2,1-6H3. The van der Waals surface area contributed by atoms with E-state index in [0.717, 1.165) is 26.2 Å². The van der Waals surface area contributed by atoms with Gasteiger partial charge in [-0.25, -0.2) is 0 Å². The molecule has 1 aromatic heterocycles. The summed E-state index contributed by atoms with van der Waals surface area (Å²) in [4.78, 5) is 5.29. The van der Waals surface area contributed by atoms with Gasteiger partial charge in [0.25, 0.3) is 0 Å². The Morgan fingerprint density at radius 2 is 1.95 bits per heavy atom. The molecular formula is C16H30N2OS. The van der Waals surface area contributed by atoms with Gasteiger partial charge in [-0.2, -0.15) is 0 Å². The zero-order valence-corrected chi connectivity index (χ0v) is 14.6. The molecule has 3 nitrogen and oxygen atoms in total. The van der Waals surface area contributed by atoms with Crippen LogP contribution in [0.5, 0.6) is 0 Å². The molecule has 1 rings (SSSR count). The van der Waals surface area contributed by atoms with E-state index in [9.17, 15) is 0 Å². The molecule has 0 bridgehead atoms. The molecule has 1 N–H and O–H groups in total. The van der Waals surface area contributed by atoms with Crippen LogP contribution in [0, 0.1) is 0 Å². The Kier molecular flexibility index (Phi) is 7.17. The molecular weight excluding hydrogens is 268 g/mol. The second-order valence-corrected chi connectivity index (χ2v) is 7.59. The zero-order valence-electron chi connectivity index (χ0n) is 13.8. The predicted octanol–water partition coefficient (Wildman–Crippen LogP) is 3.49. The van der Waals surface area contributed by atoms with Crippen molar-refractivity contribution in [1.82, 2.24) is 10.2 Å². The van der Waals surface area contributed by atoms with Crippen molar-refractivity contribution in [2.24, 2.45) is 0 Å². The quantitative estimate of drug-likeness (QED) is 0.795. The number of ether oxygens (including phenoxy) is 1. The van der Waals surface area contributed by atoms with Crippen molar-refractivity contribution in [2.75, 3.05) is 20.3 Å². The third-order valence-electron chi connectivity index (χ3n) is 3.31. The number of thiophene rings is 1. The second-order valence-electron chi connectivity index (χ2n) is 6.34. The molecule has 1 heterocycles. The Hall–Kier alpha value is -0.420. The lowest BCUT2D eigenvalue weighted by atomic mass is 10.1. The number of methoxy groups -OCH3 is 1. The molecule has 0 aliphatic rings. The molecule has 0 spiro atoms. The number of nitrogens with one attached hydrogen (secondary N) is 1. The molecule has 0 saturated heterocycles. The Morgan fingerprint density at radius 3 is 2.50 bits per heavy atom. The van der Waals surface area contributed by atoms with Gasteiger partial charge in [0, 0.05) is 41.5 Å². The fraction of sp³-hybridized carbons (Fsp3) is 0.750. The third kappa shape index (κ3) is 6.35. The maximum absolute atomic E-state index is 5.26. The Balaban J connectivity index is 2.53. The first kappa shape index (κ1) is 17.6. The Labute approximate surface area is 128 Å². The van der Waals surface area contributed by atoms with Crippen molar-refractivity contribution < 1.29 is 4.74 Å². The van der Waals surface area contributed by atoms with Gasteiger partial charge in [-0.05, 0) is 46.4 Å². The molecule has 0 amide bonds. The van der Waals surface area contributed by atoms with Gasteiger partial charge >= 0.3 is 0 Å². The van der Waals surface area contributed by atoms with Crippen molar-refractivity contribution >= 4 is 11.3 Å². The van der Waals surface area contributed by atoms with Gasteiger partial charge in [0.2, 0.25) is 0 Å². The summed E-state index contributed by atoms with van der Waals surface area (Å²) in [6, 6.07) is 4.96. The molecule has 0 aliphatic carbocycles. The highest BCUT2D eigenvalue weighted by Gasteiger charge is 2.14. The van der Waals surface area contributed by atoms with Crippen LogP contribution < -0.4 is 5.32 Å². The highest BCUT2D eigenvalue weighted by molar-refractivity contribution is 7.11. The monoisotopic (exact) mass is 298 g/mol. The average Bonchev–Trinajstić information content (AvgIpc) is 2.80. The molecule has 0 aliphatic heterocycles. The van der Waals surface area contributed by atoms with Crippen LogP contribution >= 0.6 is 11.3 Å². The van der Waals surface area contributed by atoms with Crippen LogP contribution in [-0.2, 0) is 17.8 Å². The molecule has 20 heavy (non-hydrogen) atoms. The van der Waals surface area contributed by atoms with Gasteiger partial charge in [-0.15, -0.1) is 11.3 Å². The largest absolute Gasteiger partial charge is 0.383 e. The first-order chi connectivity index (χ1) is 9.35. The summed E-state index contributed by atoms with van der Waals surface area (Å²) in [7, 11) is 1.77. The highest BCUT2D eigenvalue weighted by atomic mass is 32.1. The van der Waals surface area contributed by atoms with E-state index in [1.54, 1.807) is 7.11 Å². The van der Waals surface area contributed by atoms with Gasteiger partial charge in [0.1, 0.15) is 0 Å². The van der Waals surface area contributed by atoms with Gasteiger partial charge in [-0.1, -0.05) is 6.92 Å². The first-order valence-corrected chi connectivity index (χ1v) is 8.23. The average molecular weight is 298 g/mol. The molecule has 0 saturated carbocycles. The summed E-state index contributed by atoms with van der Waals surface area (Å²) in [5.74, 6) is 0. The SMILES string of the molecule is CCN(Cc1ccc(CNC(C)(C)C)s1)C(C)COC. The molecule has 4 heteroatoms. The summed E-state index contributed by atoms with van der Waals surface area (Å²) >= 11 is 1.91. The molecule has 0 fully saturated rings. The van der Waals surface area contributed by atoms with Crippen molar-refractivity contribution in [3.8, 4) is 0 Å². The van der Waals surface area contributed by atoms with Gasteiger partial charge in [-0.3, -0.25) is 4.90 Å². The van der Waals surface area contributed by atoms with Crippen LogP contribution in [0.4, 0.5) is 0 Å². The Bertz CT molecular complexity index is 384. The summed E-state index contributed by atoms with van der Waals surface area (Å²) in [5, 5.41) is 3.54. The van der Waals surface area contributed by atoms with Crippen molar-refractivity contribution in [1.29, 1.82) is 0 Å². The van der Waals surface area contributed by atoms with E-state index in [1.165, 1.54) is 9.75 Å². The minimum absolute atomic E-state index is 0.173. The minimum Gasteiger partial charge on any atom is -0.383 e. The minimum atomic E-state index is 0.173. The summed E-state index contributed by atoms with van der Waals surface area (Å²) in [6.45, 7) is 14.8. The smallest absolute Gasteiger partial charge is 0.0615 e. The number of rotatable bonds is 8. The molecule has 1 aromatic rings. The van der Waals surface area contributed by atoms with E-state index in [4.69, 9.17) is 4.74 Å². The topological polar surface area (TPSA) is 24.5 Å². The number of hydrogen-bond donors (Lipinski definition) is 1. The van der Waals surface area contributed by atoms with Crippen molar-refractivity contribution in [3.05, 3.63) is 21.9 Å². The van der Waals surface area contributed by atoms with Crippen LogP contribution in [-0.4, -0.2) is 36.7 Å². The number of nitrogens with zero attached hydrogens (tertiary/aromatic N) is 1. The Morgan fingerprint density at radius 1 is 1.30 bits per heavy atom. The normalized spacial score (nSPS) is 13.9. The van der Waals surface area contributed by atoms with Gasteiger partial charge in [0.15, 0.2) is 0 Å². The molecule has 0 aromatic carbocycles. The van der Waals surface area contributed by atoms with Gasteiger partial charge < -0.3 is 10.1 Å². The highest BCUT2D eigenvalue weighted by Crippen LogP contribution is 2.20. The summed E-state index contributed by atoms with van der Waals surface area (Å²) in [5.41, 5.74) is 0.173. The lowest BCUT2D eigenvalue weighted by Gasteiger charge is -2.26. The van der Waals surface area contributed by atoms with Crippen LogP contribution in [0.2, 0.25) is 0 Å². The zero-order chi connectivity index (χ0) is 15.2. The number of likely N-dealkylation sites (N-methyl/N-ethyl adjacent to an activating group) is 1. The van der Waals surface area contributed by atoms with E-state index >= 15 is 0 Å². The fourth-order valence-corrected chi connectivity index (χ4v) is 3.06. The summed E-state index contributed by atoms with van der Waals surface area (Å²) < 4.78 is 5.26. The molecule has 116 valence electrons. The first-order valence-electron chi connectivity index (χ1n) is 7.41.